The largest absolute Gasteiger partial charge is 0.416 e. The maximum Gasteiger partial charge on any atom is 0.416 e. The van der Waals surface area contributed by atoms with E-state index in [0.717, 1.165) is 61.7 Å². The van der Waals surface area contributed by atoms with Gasteiger partial charge in [-0.1, -0.05) is 12.1 Å². The molecule has 2 atom stereocenters. The van der Waals surface area contributed by atoms with Crippen LogP contribution < -0.4 is 10.6 Å². The van der Waals surface area contributed by atoms with Crippen LogP contribution in [0.3, 0.4) is 0 Å². The van der Waals surface area contributed by atoms with E-state index in [4.69, 9.17) is 0 Å². The molecule has 0 bridgehead atoms. The van der Waals surface area contributed by atoms with Gasteiger partial charge in [-0.3, -0.25) is 9.89 Å². The van der Waals surface area contributed by atoms with Gasteiger partial charge in [-0.05, 0) is 43.2 Å². The van der Waals surface area contributed by atoms with Crippen molar-refractivity contribution in [1.29, 1.82) is 0 Å². The number of hydrogen-bond donors (Lipinski definition) is 3. The summed E-state index contributed by atoms with van der Waals surface area (Å²) in [7, 11) is 0. The summed E-state index contributed by atoms with van der Waals surface area (Å²) < 4.78 is 38.1. The first-order chi connectivity index (χ1) is 13.8. The molecule has 3 N–H and O–H groups in total. The number of likely N-dealkylation sites (tertiary alicyclic amines) is 1. The molecule has 2 heterocycles. The molecule has 2 saturated heterocycles. The molecule has 2 unspecified atom stereocenters. The van der Waals surface area contributed by atoms with E-state index in [1.54, 1.807) is 23.9 Å². The van der Waals surface area contributed by atoms with Gasteiger partial charge in [0.15, 0.2) is 5.96 Å². The molecule has 3 rings (SSSR count). The van der Waals surface area contributed by atoms with Crippen LogP contribution in [0.1, 0.15) is 30.9 Å². The van der Waals surface area contributed by atoms with E-state index in [2.05, 4.69) is 20.5 Å². The Morgan fingerprint density at radius 3 is 2.72 bits per heavy atom. The summed E-state index contributed by atoms with van der Waals surface area (Å²) in [6.45, 7) is 5.42. The molecule has 1 aromatic rings. The summed E-state index contributed by atoms with van der Waals surface area (Å²) in [5, 5.41) is 17.1. The molecule has 0 radical (unpaired) electrons. The summed E-state index contributed by atoms with van der Waals surface area (Å²) >= 11 is 1.75. The maximum absolute atomic E-state index is 12.7. The van der Waals surface area contributed by atoms with Gasteiger partial charge in [0, 0.05) is 38.0 Å². The highest BCUT2D eigenvalue weighted by Gasteiger charge is 2.32. The average molecular weight is 431 g/mol. The first-order valence-corrected chi connectivity index (χ1v) is 11.2. The Bertz CT molecular complexity index is 690. The van der Waals surface area contributed by atoms with Crippen LogP contribution in [0.4, 0.5) is 13.2 Å². The molecule has 0 aromatic heterocycles. The molecule has 0 amide bonds. The lowest BCUT2D eigenvalue weighted by molar-refractivity contribution is -0.137. The van der Waals surface area contributed by atoms with Crippen LogP contribution in [0, 0.1) is 0 Å². The van der Waals surface area contributed by atoms with Crippen LogP contribution in [0.2, 0.25) is 0 Å². The lowest BCUT2D eigenvalue weighted by Gasteiger charge is -2.22. The quantitative estimate of drug-likeness (QED) is 0.479. The molecule has 0 spiro atoms. The van der Waals surface area contributed by atoms with Crippen LogP contribution in [0.15, 0.2) is 29.3 Å². The van der Waals surface area contributed by atoms with Crippen molar-refractivity contribution in [2.24, 2.45) is 4.99 Å². The van der Waals surface area contributed by atoms with Crippen molar-refractivity contribution in [1.82, 2.24) is 15.5 Å². The van der Waals surface area contributed by atoms with Crippen LogP contribution in [0.25, 0.3) is 0 Å². The first-order valence-electron chi connectivity index (χ1n) is 10.0. The predicted octanol–water partition coefficient (Wildman–Crippen LogP) is 2.70. The van der Waals surface area contributed by atoms with E-state index < -0.39 is 17.3 Å². The number of guanidine groups is 1. The average Bonchev–Trinajstić information content (AvgIpc) is 3.29. The molecular weight excluding hydrogens is 401 g/mol. The minimum absolute atomic E-state index is 0.217. The highest BCUT2D eigenvalue weighted by molar-refractivity contribution is 7.99. The standard InChI is InChI=1S/C20H29F3N4OS/c1-2-24-18(25-13-19(28)8-10-29-14-19)26-17-7-9-27(12-17)11-15-3-5-16(6-4-15)20(21,22)23/h3-6,17,28H,2,7-14H2,1H3,(H2,24,25,26). The van der Waals surface area contributed by atoms with E-state index in [0.29, 0.717) is 19.0 Å². The van der Waals surface area contributed by atoms with Crippen LogP contribution in [-0.4, -0.2) is 65.3 Å². The number of nitrogens with zero attached hydrogens (tertiary/aromatic N) is 2. The highest BCUT2D eigenvalue weighted by atomic mass is 32.2. The SMILES string of the molecule is CCNC(=NCC1(O)CCSC1)NC1CCN(Cc2ccc(C(F)(F)F)cc2)C1. The fourth-order valence-corrected chi connectivity index (χ4v) is 4.90. The third kappa shape index (κ3) is 6.52. The monoisotopic (exact) mass is 430 g/mol. The summed E-state index contributed by atoms with van der Waals surface area (Å²) in [5.41, 5.74) is -0.451. The number of nitrogens with one attached hydrogen (secondary N) is 2. The molecule has 2 aliphatic heterocycles. The Balaban J connectivity index is 1.51. The summed E-state index contributed by atoms with van der Waals surface area (Å²) in [4.78, 5) is 6.81. The summed E-state index contributed by atoms with van der Waals surface area (Å²) in [6, 6.07) is 5.60. The van der Waals surface area contributed by atoms with Gasteiger partial charge >= 0.3 is 6.18 Å². The van der Waals surface area contributed by atoms with Gasteiger partial charge in [-0.2, -0.15) is 24.9 Å². The van der Waals surface area contributed by atoms with Crippen molar-refractivity contribution in [2.75, 3.05) is 37.7 Å². The van der Waals surface area contributed by atoms with Crippen molar-refractivity contribution in [2.45, 2.75) is 44.1 Å². The number of aliphatic hydroxyl groups is 1. The third-order valence-electron chi connectivity index (χ3n) is 5.26. The Morgan fingerprint density at radius 1 is 1.34 bits per heavy atom. The van der Waals surface area contributed by atoms with E-state index in [1.807, 2.05) is 6.92 Å². The second-order valence-electron chi connectivity index (χ2n) is 7.78. The van der Waals surface area contributed by atoms with Crippen molar-refractivity contribution in [3.05, 3.63) is 35.4 Å². The molecule has 1 aromatic carbocycles. The highest BCUT2D eigenvalue weighted by Crippen LogP contribution is 2.29. The second kappa shape index (κ2) is 9.57. The molecule has 9 heteroatoms. The van der Waals surface area contributed by atoms with Crippen LogP contribution in [-0.2, 0) is 12.7 Å². The number of halogens is 3. The molecule has 0 saturated carbocycles. The zero-order valence-corrected chi connectivity index (χ0v) is 17.5. The smallest absolute Gasteiger partial charge is 0.387 e. The van der Waals surface area contributed by atoms with E-state index in [9.17, 15) is 18.3 Å². The lowest BCUT2D eigenvalue weighted by Crippen LogP contribution is -2.45. The normalized spacial score (nSPS) is 26.1. The first kappa shape index (κ1) is 22.2. The van der Waals surface area contributed by atoms with Gasteiger partial charge in [0.1, 0.15) is 0 Å². The van der Waals surface area contributed by atoms with Crippen LogP contribution in [0.5, 0.6) is 0 Å². The zero-order valence-electron chi connectivity index (χ0n) is 16.6. The maximum atomic E-state index is 12.7. The number of thioether (sulfide) groups is 1. The van der Waals surface area contributed by atoms with Gasteiger partial charge in [0.05, 0.1) is 17.7 Å². The Labute approximate surface area is 174 Å². The number of hydrogen-bond acceptors (Lipinski definition) is 4. The van der Waals surface area contributed by atoms with Crippen molar-refractivity contribution < 1.29 is 18.3 Å². The van der Waals surface area contributed by atoms with Gasteiger partial charge in [-0.25, -0.2) is 0 Å². The number of alkyl halides is 3. The van der Waals surface area contributed by atoms with E-state index >= 15 is 0 Å². The van der Waals surface area contributed by atoms with E-state index in [1.165, 1.54) is 0 Å². The fraction of sp³-hybridized carbons (Fsp3) is 0.650. The minimum atomic E-state index is -4.30. The summed E-state index contributed by atoms with van der Waals surface area (Å²) in [6.07, 6.45) is -2.59. The summed E-state index contributed by atoms with van der Waals surface area (Å²) in [5.74, 6) is 2.40. The van der Waals surface area contributed by atoms with Crippen molar-refractivity contribution >= 4 is 17.7 Å². The molecule has 162 valence electrons. The number of rotatable bonds is 6. The predicted molar refractivity (Wildman–Crippen MR) is 111 cm³/mol. The van der Waals surface area contributed by atoms with Gasteiger partial charge in [0.25, 0.3) is 0 Å². The number of aliphatic imine (C=N–C) groups is 1. The number of benzene rings is 1. The molecule has 2 aliphatic rings. The molecule has 29 heavy (non-hydrogen) atoms. The minimum Gasteiger partial charge on any atom is -0.387 e. The van der Waals surface area contributed by atoms with Gasteiger partial charge in [-0.15, -0.1) is 0 Å². The Morgan fingerprint density at radius 2 is 2.10 bits per heavy atom. The third-order valence-corrected chi connectivity index (χ3v) is 6.49. The Kier molecular flexibility index (Phi) is 7.34. The zero-order chi connectivity index (χ0) is 20.9. The fourth-order valence-electron chi connectivity index (χ4n) is 3.61. The van der Waals surface area contributed by atoms with Crippen molar-refractivity contribution in [3.8, 4) is 0 Å². The van der Waals surface area contributed by atoms with Gasteiger partial charge < -0.3 is 15.7 Å². The molecular formula is C20H29F3N4OS. The lowest BCUT2D eigenvalue weighted by atomic mass is 10.1. The van der Waals surface area contributed by atoms with Crippen LogP contribution >= 0.6 is 11.8 Å². The molecule has 2 fully saturated rings. The van der Waals surface area contributed by atoms with Crippen molar-refractivity contribution in [3.63, 3.8) is 0 Å². The van der Waals surface area contributed by atoms with Gasteiger partial charge in [0.2, 0.25) is 0 Å². The topological polar surface area (TPSA) is 59.9 Å². The van der Waals surface area contributed by atoms with E-state index in [-0.39, 0.29) is 6.04 Å². The second-order valence-corrected chi connectivity index (χ2v) is 8.89. The molecule has 0 aliphatic carbocycles. The molecule has 5 nitrogen and oxygen atoms in total. The Hall–Kier alpha value is -1.45.